The molecule has 0 fully saturated rings. The Morgan fingerprint density at radius 1 is 1.10 bits per heavy atom. The summed E-state index contributed by atoms with van der Waals surface area (Å²) in [6, 6.07) is 11.2. The number of nitrogens with one attached hydrogen (secondary N) is 1. The zero-order chi connectivity index (χ0) is 14.6. The first-order valence-electron chi connectivity index (χ1n) is 5.97. The number of anilines is 1. The minimum absolute atomic E-state index is 0.169. The van der Waals surface area contributed by atoms with E-state index in [9.17, 15) is 18.3 Å². The molecule has 0 aliphatic carbocycles. The number of benzene rings is 1. The number of nitrogens with zero attached hydrogens (tertiary/aromatic N) is 1. The van der Waals surface area contributed by atoms with Crippen LogP contribution in [0.3, 0.4) is 0 Å². The van der Waals surface area contributed by atoms with Gasteiger partial charge in [-0.25, -0.2) is 4.98 Å². The van der Waals surface area contributed by atoms with Crippen LogP contribution in [0, 0.1) is 0 Å². The van der Waals surface area contributed by atoms with Crippen LogP contribution in [0.2, 0.25) is 0 Å². The second-order valence-corrected chi connectivity index (χ2v) is 4.24. The summed E-state index contributed by atoms with van der Waals surface area (Å²) >= 11 is 0. The molecule has 2 rings (SSSR count). The molecular weight excluding hydrogens is 269 g/mol. The van der Waals surface area contributed by atoms with E-state index in [4.69, 9.17) is 0 Å². The van der Waals surface area contributed by atoms with Gasteiger partial charge in [0, 0.05) is 12.7 Å². The number of halogens is 3. The highest BCUT2D eigenvalue weighted by molar-refractivity contribution is 5.36. The van der Waals surface area contributed by atoms with Crippen LogP contribution in [0.5, 0.6) is 0 Å². The van der Waals surface area contributed by atoms with Gasteiger partial charge in [0.25, 0.3) is 0 Å². The predicted molar refractivity (Wildman–Crippen MR) is 69.1 cm³/mol. The van der Waals surface area contributed by atoms with Crippen molar-refractivity contribution < 1.29 is 18.3 Å². The molecule has 1 atom stereocenters. The van der Waals surface area contributed by atoms with E-state index >= 15 is 0 Å². The van der Waals surface area contributed by atoms with Gasteiger partial charge in [0.1, 0.15) is 5.82 Å². The zero-order valence-corrected chi connectivity index (χ0v) is 10.4. The van der Waals surface area contributed by atoms with Crippen LogP contribution < -0.4 is 5.32 Å². The van der Waals surface area contributed by atoms with Crippen LogP contribution in [0.1, 0.15) is 17.2 Å². The minimum Gasteiger partial charge on any atom is -0.387 e. The molecule has 1 aromatic carbocycles. The second-order valence-electron chi connectivity index (χ2n) is 4.24. The molecule has 3 nitrogen and oxygen atoms in total. The number of aliphatic hydroxyl groups is 1. The third kappa shape index (κ3) is 3.71. The fourth-order valence-corrected chi connectivity index (χ4v) is 1.66. The first kappa shape index (κ1) is 14.3. The van der Waals surface area contributed by atoms with Gasteiger partial charge >= 0.3 is 6.18 Å². The van der Waals surface area contributed by atoms with Crippen molar-refractivity contribution in [2.24, 2.45) is 0 Å². The summed E-state index contributed by atoms with van der Waals surface area (Å²) in [6.07, 6.45) is -4.38. The molecular formula is C14H13F3N2O. The number of rotatable bonds is 4. The third-order valence-corrected chi connectivity index (χ3v) is 2.75. The molecule has 0 aliphatic heterocycles. The van der Waals surface area contributed by atoms with E-state index in [-0.39, 0.29) is 12.4 Å². The molecule has 0 spiro atoms. The molecule has 0 amide bonds. The maximum absolute atomic E-state index is 12.4. The Morgan fingerprint density at radius 2 is 1.80 bits per heavy atom. The maximum Gasteiger partial charge on any atom is 0.417 e. The van der Waals surface area contributed by atoms with Crippen LogP contribution >= 0.6 is 0 Å². The summed E-state index contributed by atoms with van der Waals surface area (Å²) < 4.78 is 37.1. The summed E-state index contributed by atoms with van der Waals surface area (Å²) in [4.78, 5) is 3.67. The van der Waals surface area contributed by atoms with Crippen molar-refractivity contribution >= 4 is 5.82 Å². The molecule has 0 saturated carbocycles. The number of aliphatic hydroxyl groups excluding tert-OH is 1. The van der Waals surface area contributed by atoms with Crippen LogP contribution in [-0.2, 0) is 6.18 Å². The number of pyridine rings is 1. The average molecular weight is 282 g/mol. The van der Waals surface area contributed by atoms with Gasteiger partial charge < -0.3 is 10.4 Å². The molecule has 0 radical (unpaired) electrons. The molecule has 20 heavy (non-hydrogen) atoms. The highest BCUT2D eigenvalue weighted by Crippen LogP contribution is 2.28. The van der Waals surface area contributed by atoms with Gasteiger partial charge in [-0.05, 0) is 17.7 Å². The molecule has 1 heterocycles. The first-order chi connectivity index (χ1) is 9.47. The molecule has 2 N–H and O–H groups in total. The molecule has 106 valence electrons. The highest BCUT2D eigenvalue weighted by Gasteiger charge is 2.30. The van der Waals surface area contributed by atoms with Crippen molar-refractivity contribution in [1.82, 2.24) is 4.98 Å². The van der Waals surface area contributed by atoms with Gasteiger partial charge in [0.15, 0.2) is 0 Å². The molecule has 1 aromatic heterocycles. The van der Waals surface area contributed by atoms with Gasteiger partial charge in [-0.1, -0.05) is 30.3 Å². The Hall–Kier alpha value is -2.08. The highest BCUT2D eigenvalue weighted by atomic mass is 19.4. The van der Waals surface area contributed by atoms with Crippen molar-refractivity contribution in [2.75, 3.05) is 11.9 Å². The van der Waals surface area contributed by atoms with E-state index in [1.54, 1.807) is 24.3 Å². The standard InChI is InChI=1S/C14H13F3N2O/c15-14(16,17)11-6-7-13(18-8-11)19-9-12(20)10-4-2-1-3-5-10/h1-8,12,20H,9H2,(H,18,19). The van der Waals surface area contributed by atoms with E-state index in [1.807, 2.05) is 6.07 Å². The zero-order valence-electron chi connectivity index (χ0n) is 10.4. The maximum atomic E-state index is 12.4. The Bertz CT molecular complexity index is 541. The lowest BCUT2D eigenvalue weighted by molar-refractivity contribution is -0.137. The third-order valence-electron chi connectivity index (χ3n) is 2.75. The Kier molecular flexibility index (Phi) is 4.24. The molecule has 2 aromatic rings. The number of hydrogen-bond donors (Lipinski definition) is 2. The van der Waals surface area contributed by atoms with Gasteiger partial charge in [-0.2, -0.15) is 13.2 Å². The quantitative estimate of drug-likeness (QED) is 0.904. The average Bonchev–Trinajstić information content (AvgIpc) is 2.45. The van der Waals surface area contributed by atoms with Crippen molar-refractivity contribution in [3.8, 4) is 0 Å². The topological polar surface area (TPSA) is 45.1 Å². The number of alkyl halides is 3. The van der Waals surface area contributed by atoms with Gasteiger partial charge in [0.05, 0.1) is 11.7 Å². The van der Waals surface area contributed by atoms with Crippen molar-refractivity contribution in [1.29, 1.82) is 0 Å². The normalized spacial score (nSPS) is 13.0. The lowest BCUT2D eigenvalue weighted by atomic mass is 10.1. The Morgan fingerprint density at radius 3 is 2.35 bits per heavy atom. The minimum atomic E-state index is -4.39. The summed E-state index contributed by atoms with van der Waals surface area (Å²) in [5.41, 5.74) is -0.0708. The lowest BCUT2D eigenvalue weighted by Gasteiger charge is -2.13. The van der Waals surface area contributed by atoms with Crippen molar-refractivity contribution in [2.45, 2.75) is 12.3 Å². The van der Waals surface area contributed by atoms with Crippen LogP contribution in [0.15, 0.2) is 48.7 Å². The van der Waals surface area contributed by atoms with Gasteiger partial charge in [0.2, 0.25) is 0 Å². The van der Waals surface area contributed by atoms with E-state index in [0.29, 0.717) is 0 Å². The number of hydrogen-bond acceptors (Lipinski definition) is 3. The first-order valence-corrected chi connectivity index (χ1v) is 5.97. The molecule has 6 heteroatoms. The molecule has 0 saturated heterocycles. The van der Waals surface area contributed by atoms with Crippen LogP contribution in [0.25, 0.3) is 0 Å². The van der Waals surface area contributed by atoms with Crippen molar-refractivity contribution in [3.05, 3.63) is 59.8 Å². The summed E-state index contributed by atoms with van der Waals surface area (Å²) in [5, 5.41) is 12.7. The fourth-order valence-electron chi connectivity index (χ4n) is 1.66. The van der Waals surface area contributed by atoms with E-state index in [0.717, 1.165) is 17.8 Å². The molecule has 1 unspecified atom stereocenters. The summed E-state index contributed by atoms with van der Waals surface area (Å²) in [6.45, 7) is 0.169. The van der Waals surface area contributed by atoms with Gasteiger partial charge in [-0.3, -0.25) is 0 Å². The smallest absolute Gasteiger partial charge is 0.387 e. The van der Waals surface area contributed by atoms with E-state index in [2.05, 4.69) is 10.3 Å². The fraction of sp³-hybridized carbons (Fsp3) is 0.214. The molecule has 0 bridgehead atoms. The SMILES string of the molecule is OC(CNc1ccc(C(F)(F)F)cn1)c1ccccc1. The van der Waals surface area contributed by atoms with E-state index in [1.165, 1.54) is 6.07 Å². The number of aromatic nitrogens is 1. The van der Waals surface area contributed by atoms with Crippen LogP contribution in [0.4, 0.5) is 19.0 Å². The monoisotopic (exact) mass is 282 g/mol. The Balaban J connectivity index is 1.94. The molecule has 0 aliphatic rings. The largest absolute Gasteiger partial charge is 0.417 e. The summed E-state index contributed by atoms with van der Waals surface area (Å²) in [7, 11) is 0. The Labute approximate surface area is 114 Å². The summed E-state index contributed by atoms with van der Waals surface area (Å²) in [5.74, 6) is 0.285. The van der Waals surface area contributed by atoms with Gasteiger partial charge in [-0.15, -0.1) is 0 Å². The lowest BCUT2D eigenvalue weighted by Crippen LogP contribution is -2.13. The second kappa shape index (κ2) is 5.92. The van der Waals surface area contributed by atoms with E-state index < -0.39 is 17.8 Å². The predicted octanol–water partition coefficient (Wildman–Crippen LogP) is 3.25. The van der Waals surface area contributed by atoms with Crippen LogP contribution in [-0.4, -0.2) is 16.6 Å². The van der Waals surface area contributed by atoms with Crippen molar-refractivity contribution in [3.63, 3.8) is 0 Å².